The van der Waals surface area contributed by atoms with Gasteiger partial charge < -0.3 is 19.4 Å². The number of nitrogens with one attached hydrogen (secondary N) is 1. The zero-order valence-electron chi connectivity index (χ0n) is 18.3. The van der Waals surface area contributed by atoms with Crippen molar-refractivity contribution in [1.82, 2.24) is 20.1 Å². The molecule has 0 saturated heterocycles. The lowest BCUT2D eigenvalue weighted by molar-refractivity contribution is -0.119. The number of nitrogens with zero attached hydrogens (tertiary/aromatic N) is 3. The third-order valence-corrected chi connectivity index (χ3v) is 6.56. The number of amides is 1. The van der Waals surface area contributed by atoms with E-state index in [9.17, 15) is 4.79 Å². The third-order valence-electron chi connectivity index (χ3n) is 5.59. The Morgan fingerprint density at radius 1 is 1.27 bits per heavy atom. The molecule has 1 saturated carbocycles. The van der Waals surface area contributed by atoms with Crippen LogP contribution in [0.1, 0.15) is 58.4 Å². The Labute approximate surface area is 182 Å². The molecule has 7 nitrogen and oxygen atoms in total. The molecule has 30 heavy (non-hydrogen) atoms. The van der Waals surface area contributed by atoms with E-state index >= 15 is 0 Å². The van der Waals surface area contributed by atoms with Crippen molar-refractivity contribution in [2.45, 2.75) is 70.3 Å². The van der Waals surface area contributed by atoms with E-state index in [-0.39, 0.29) is 12.0 Å². The third kappa shape index (κ3) is 5.47. The smallest absolute Gasteiger partial charge is 0.230 e. The van der Waals surface area contributed by atoms with Crippen molar-refractivity contribution in [3.05, 3.63) is 30.1 Å². The number of para-hydroxylation sites is 2. The predicted molar refractivity (Wildman–Crippen MR) is 118 cm³/mol. The van der Waals surface area contributed by atoms with Gasteiger partial charge in [-0.2, -0.15) is 0 Å². The van der Waals surface area contributed by atoms with Gasteiger partial charge in [0.2, 0.25) is 5.91 Å². The highest BCUT2D eigenvalue weighted by molar-refractivity contribution is 7.99. The highest BCUT2D eigenvalue weighted by atomic mass is 32.2. The number of carbonyl (C=O) groups is 1. The fraction of sp³-hybridized carbons (Fsp3) is 0.591. The average molecular weight is 433 g/mol. The number of hydrogen-bond donors (Lipinski definition) is 1. The summed E-state index contributed by atoms with van der Waals surface area (Å²) in [4.78, 5) is 12.5. The lowest BCUT2D eigenvalue weighted by atomic mass is 9.86. The van der Waals surface area contributed by atoms with Gasteiger partial charge in [0, 0.05) is 12.6 Å². The van der Waals surface area contributed by atoms with Crippen LogP contribution < -0.4 is 14.8 Å². The normalized spacial score (nSPS) is 19.9. The van der Waals surface area contributed by atoms with Crippen LogP contribution in [0.3, 0.4) is 0 Å². The Hall–Kier alpha value is -2.22. The molecule has 1 fully saturated rings. The molecule has 0 radical (unpaired) electrons. The first-order chi connectivity index (χ1) is 14.5. The van der Waals surface area contributed by atoms with E-state index in [2.05, 4.69) is 22.4 Å². The summed E-state index contributed by atoms with van der Waals surface area (Å²) in [7, 11) is 1.62. The Kier molecular flexibility index (Phi) is 8.01. The van der Waals surface area contributed by atoms with Crippen LogP contribution in [0.15, 0.2) is 29.4 Å². The van der Waals surface area contributed by atoms with Crippen LogP contribution in [-0.4, -0.2) is 39.6 Å². The Morgan fingerprint density at radius 3 is 2.70 bits per heavy atom. The van der Waals surface area contributed by atoms with Gasteiger partial charge >= 0.3 is 0 Å². The van der Waals surface area contributed by atoms with Crippen molar-refractivity contribution < 1.29 is 14.3 Å². The van der Waals surface area contributed by atoms with Crippen LogP contribution in [-0.2, 0) is 11.3 Å². The maximum Gasteiger partial charge on any atom is 0.230 e. The lowest BCUT2D eigenvalue weighted by Crippen LogP contribution is -2.41. The van der Waals surface area contributed by atoms with Crippen LogP contribution in [0.4, 0.5) is 0 Å². The van der Waals surface area contributed by atoms with Crippen LogP contribution in [0.5, 0.6) is 11.5 Å². The van der Waals surface area contributed by atoms with Gasteiger partial charge in [0.15, 0.2) is 28.6 Å². The second-order valence-corrected chi connectivity index (χ2v) is 8.66. The van der Waals surface area contributed by atoms with Gasteiger partial charge in [-0.15, -0.1) is 10.2 Å². The van der Waals surface area contributed by atoms with Crippen LogP contribution >= 0.6 is 11.8 Å². The standard InChI is InChI=1S/C22H32N4O3S/c1-5-26-21(16(3)29-19-13-9-8-12-18(19)28-4)24-25-22(26)30-14-20(27)23-17-11-7-6-10-15(17)2/h8-9,12-13,15-17H,5-7,10-11,14H2,1-4H3,(H,23,27). The van der Waals surface area contributed by atoms with Crippen molar-refractivity contribution >= 4 is 17.7 Å². The molecule has 1 aliphatic carbocycles. The number of rotatable bonds is 9. The summed E-state index contributed by atoms with van der Waals surface area (Å²) in [6.07, 6.45) is 4.42. The van der Waals surface area contributed by atoms with Gasteiger partial charge in [0.1, 0.15) is 0 Å². The monoisotopic (exact) mass is 432 g/mol. The van der Waals surface area contributed by atoms with Crippen molar-refractivity contribution in [2.75, 3.05) is 12.9 Å². The molecule has 1 aromatic carbocycles. The highest BCUT2D eigenvalue weighted by Crippen LogP contribution is 2.31. The molecule has 1 N–H and O–H groups in total. The summed E-state index contributed by atoms with van der Waals surface area (Å²) in [6.45, 7) is 6.90. The molecule has 0 bridgehead atoms. The molecule has 1 heterocycles. The first-order valence-electron chi connectivity index (χ1n) is 10.7. The minimum absolute atomic E-state index is 0.0595. The minimum Gasteiger partial charge on any atom is -0.493 e. The Bertz CT molecular complexity index is 842. The van der Waals surface area contributed by atoms with E-state index in [1.807, 2.05) is 42.7 Å². The molecule has 1 amide bonds. The van der Waals surface area contributed by atoms with E-state index in [0.717, 1.165) is 17.4 Å². The number of hydrogen-bond acceptors (Lipinski definition) is 6. The maximum absolute atomic E-state index is 12.5. The van der Waals surface area contributed by atoms with E-state index in [0.29, 0.717) is 35.8 Å². The number of thioether (sulfide) groups is 1. The van der Waals surface area contributed by atoms with Crippen molar-refractivity contribution in [1.29, 1.82) is 0 Å². The molecule has 1 aliphatic rings. The molecular formula is C22H32N4O3S. The minimum atomic E-state index is -0.306. The van der Waals surface area contributed by atoms with Gasteiger partial charge in [0.25, 0.3) is 0 Å². The first kappa shape index (κ1) is 22.5. The topological polar surface area (TPSA) is 78.3 Å². The highest BCUT2D eigenvalue weighted by Gasteiger charge is 2.24. The quantitative estimate of drug-likeness (QED) is 0.598. The second-order valence-electron chi connectivity index (χ2n) is 7.72. The number of methoxy groups -OCH3 is 1. The molecule has 2 aromatic rings. The van der Waals surface area contributed by atoms with E-state index < -0.39 is 0 Å². The van der Waals surface area contributed by atoms with Gasteiger partial charge in [-0.05, 0) is 44.7 Å². The predicted octanol–water partition coefficient (Wildman–Crippen LogP) is 4.23. The second kappa shape index (κ2) is 10.7. The number of benzene rings is 1. The van der Waals surface area contributed by atoms with E-state index in [1.54, 1.807) is 7.11 Å². The van der Waals surface area contributed by atoms with Crippen molar-refractivity contribution in [3.63, 3.8) is 0 Å². The first-order valence-corrected chi connectivity index (χ1v) is 11.7. The van der Waals surface area contributed by atoms with E-state index in [4.69, 9.17) is 9.47 Å². The largest absolute Gasteiger partial charge is 0.493 e. The average Bonchev–Trinajstić information content (AvgIpc) is 3.17. The summed E-state index contributed by atoms with van der Waals surface area (Å²) in [5.74, 6) is 3.01. The van der Waals surface area contributed by atoms with Gasteiger partial charge in [-0.1, -0.05) is 43.7 Å². The molecule has 3 rings (SSSR count). The molecular weight excluding hydrogens is 400 g/mol. The summed E-state index contributed by atoms with van der Waals surface area (Å²) >= 11 is 1.42. The lowest BCUT2D eigenvalue weighted by Gasteiger charge is -2.29. The summed E-state index contributed by atoms with van der Waals surface area (Å²) < 4.78 is 13.4. The summed E-state index contributed by atoms with van der Waals surface area (Å²) in [5.41, 5.74) is 0. The molecule has 0 spiro atoms. The molecule has 1 aromatic heterocycles. The van der Waals surface area contributed by atoms with Gasteiger partial charge in [-0.25, -0.2) is 0 Å². The summed E-state index contributed by atoms with van der Waals surface area (Å²) in [6, 6.07) is 7.83. The zero-order valence-corrected chi connectivity index (χ0v) is 19.1. The van der Waals surface area contributed by atoms with Crippen LogP contribution in [0, 0.1) is 5.92 Å². The van der Waals surface area contributed by atoms with Crippen LogP contribution in [0.25, 0.3) is 0 Å². The molecule has 0 aliphatic heterocycles. The number of ether oxygens (including phenoxy) is 2. The van der Waals surface area contributed by atoms with Crippen molar-refractivity contribution in [3.8, 4) is 11.5 Å². The maximum atomic E-state index is 12.5. The fourth-order valence-electron chi connectivity index (χ4n) is 3.87. The van der Waals surface area contributed by atoms with Gasteiger partial charge in [-0.3, -0.25) is 4.79 Å². The number of aromatic nitrogens is 3. The molecule has 8 heteroatoms. The van der Waals surface area contributed by atoms with Gasteiger partial charge in [0.05, 0.1) is 12.9 Å². The molecule has 3 unspecified atom stereocenters. The molecule has 3 atom stereocenters. The molecule has 164 valence electrons. The fourth-order valence-corrected chi connectivity index (χ4v) is 4.69. The van der Waals surface area contributed by atoms with Crippen molar-refractivity contribution in [2.24, 2.45) is 5.92 Å². The Morgan fingerprint density at radius 2 is 2.00 bits per heavy atom. The number of carbonyl (C=O) groups excluding carboxylic acids is 1. The Balaban J connectivity index is 1.61. The summed E-state index contributed by atoms with van der Waals surface area (Å²) in [5, 5.41) is 12.6. The SMILES string of the molecule is CCn1c(SCC(=O)NC2CCCCC2C)nnc1C(C)Oc1ccccc1OC. The van der Waals surface area contributed by atoms with Crippen LogP contribution in [0.2, 0.25) is 0 Å². The van der Waals surface area contributed by atoms with E-state index in [1.165, 1.54) is 31.0 Å². The zero-order chi connectivity index (χ0) is 21.5.